The topological polar surface area (TPSA) is 12.0 Å². The number of halogens is 3. The predicted molar refractivity (Wildman–Crippen MR) is 86.0 cm³/mol. The molecule has 1 N–H and O–H groups in total. The van der Waals surface area contributed by atoms with E-state index in [1.807, 2.05) is 42.5 Å². The van der Waals surface area contributed by atoms with Crippen molar-refractivity contribution in [1.82, 2.24) is 0 Å². The summed E-state index contributed by atoms with van der Waals surface area (Å²) in [4.78, 5) is 0. The Bertz CT molecular complexity index is 630. The van der Waals surface area contributed by atoms with Gasteiger partial charge in [0.1, 0.15) is 0 Å². The van der Waals surface area contributed by atoms with Crippen LogP contribution in [0.15, 0.2) is 46.9 Å². The van der Waals surface area contributed by atoms with Crippen LogP contribution < -0.4 is 5.32 Å². The van der Waals surface area contributed by atoms with Crippen LogP contribution in [0.1, 0.15) is 5.56 Å². The molecule has 19 heavy (non-hydrogen) atoms. The first kappa shape index (κ1) is 14.3. The maximum absolute atomic E-state index is 6.12. The van der Waals surface area contributed by atoms with Crippen molar-refractivity contribution in [3.05, 3.63) is 62.5 Å². The minimum absolute atomic E-state index is 0.498. The molecule has 0 aliphatic rings. The van der Waals surface area contributed by atoms with Gasteiger partial charge in [0.2, 0.25) is 0 Å². The fourth-order valence-corrected chi connectivity index (χ4v) is 2.31. The third-order valence-corrected chi connectivity index (χ3v) is 4.18. The summed E-state index contributed by atoms with van der Waals surface area (Å²) in [6.45, 7) is 0.507. The summed E-state index contributed by atoms with van der Waals surface area (Å²) in [6, 6.07) is 13.5. The van der Waals surface area contributed by atoms with Gasteiger partial charge in [-0.1, -0.05) is 53.2 Å². The number of hydrogen-bond acceptors (Lipinski definition) is 1. The minimum atomic E-state index is 0.498. The minimum Gasteiger partial charge on any atom is -0.373 e. The summed E-state index contributed by atoms with van der Waals surface area (Å²) in [5.74, 6) is 6.10. The fraction of sp³-hybridized carbons (Fsp3) is 0.0667. The molecule has 0 aliphatic carbocycles. The monoisotopic (exact) mass is 353 g/mol. The van der Waals surface area contributed by atoms with Gasteiger partial charge < -0.3 is 5.32 Å². The van der Waals surface area contributed by atoms with Gasteiger partial charge in [-0.2, -0.15) is 0 Å². The van der Waals surface area contributed by atoms with Gasteiger partial charge in [-0.3, -0.25) is 0 Å². The van der Waals surface area contributed by atoms with Crippen molar-refractivity contribution in [2.75, 3.05) is 11.9 Å². The number of anilines is 1. The highest BCUT2D eigenvalue weighted by Crippen LogP contribution is 2.35. The molecule has 2 aromatic rings. The summed E-state index contributed by atoms with van der Waals surface area (Å²) in [5.41, 5.74) is 1.77. The van der Waals surface area contributed by atoms with Gasteiger partial charge in [0.05, 0.1) is 22.3 Å². The van der Waals surface area contributed by atoms with Crippen molar-refractivity contribution >= 4 is 44.8 Å². The molecule has 0 spiro atoms. The average Bonchev–Trinajstić information content (AvgIpc) is 2.44. The molecule has 96 valence electrons. The highest BCUT2D eigenvalue weighted by molar-refractivity contribution is 9.10. The van der Waals surface area contributed by atoms with Crippen LogP contribution in [-0.4, -0.2) is 6.54 Å². The Morgan fingerprint density at radius 1 is 1.00 bits per heavy atom. The average molecular weight is 355 g/mol. The third-order valence-electron chi connectivity index (χ3n) is 2.41. The highest BCUT2D eigenvalue weighted by Gasteiger charge is 2.06. The molecule has 0 radical (unpaired) electrons. The normalized spacial score (nSPS) is 9.63. The first-order chi connectivity index (χ1) is 9.18. The van der Waals surface area contributed by atoms with Gasteiger partial charge in [0.25, 0.3) is 0 Å². The molecule has 0 heterocycles. The first-order valence-electron chi connectivity index (χ1n) is 5.60. The summed E-state index contributed by atoms with van der Waals surface area (Å²) in [6.07, 6.45) is 0. The molecule has 0 unspecified atom stereocenters. The van der Waals surface area contributed by atoms with Crippen molar-refractivity contribution in [2.24, 2.45) is 0 Å². The summed E-state index contributed by atoms with van der Waals surface area (Å²) < 4.78 is 0.778. The second-order valence-electron chi connectivity index (χ2n) is 3.74. The van der Waals surface area contributed by atoms with E-state index in [2.05, 4.69) is 33.1 Å². The van der Waals surface area contributed by atoms with Crippen LogP contribution in [0.5, 0.6) is 0 Å². The van der Waals surface area contributed by atoms with Gasteiger partial charge in [-0.05, 0) is 40.2 Å². The zero-order valence-corrected chi connectivity index (χ0v) is 13.0. The zero-order chi connectivity index (χ0) is 13.7. The molecule has 0 fully saturated rings. The first-order valence-corrected chi connectivity index (χ1v) is 7.14. The van der Waals surface area contributed by atoms with E-state index in [9.17, 15) is 0 Å². The van der Waals surface area contributed by atoms with Gasteiger partial charge in [0.15, 0.2) is 0 Å². The third kappa shape index (κ3) is 3.91. The molecule has 0 amide bonds. The van der Waals surface area contributed by atoms with Crippen molar-refractivity contribution in [3.63, 3.8) is 0 Å². The summed E-state index contributed by atoms with van der Waals surface area (Å²) in [7, 11) is 0. The van der Waals surface area contributed by atoms with Gasteiger partial charge >= 0.3 is 0 Å². The van der Waals surface area contributed by atoms with E-state index in [-0.39, 0.29) is 0 Å². The molecule has 0 saturated heterocycles. The van der Waals surface area contributed by atoms with Crippen molar-refractivity contribution in [3.8, 4) is 11.8 Å². The SMILES string of the molecule is Clc1c(Br)ccc(NCC#Cc2ccccc2)c1Cl. The van der Waals surface area contributed by atoms with Gasteiger partial charge in [0, 0.05) is 10.0 Å². The van der Waals surface area contributed by atoms with E-state index in [4.69, 9.17) is 23.2 Å². The second-order valence-corrected chi connectivity index (χ2v) is 5.35. The van der Waals surface area contributed by atoms with Crippen molar-refractivity contribution < 1.29 is 0 Å². The molecule has 0 saturated carbocycles. The molecular weight excluding hydrogens is 345 g/mol. The Labute approximate surface area is 131 Å². The largest absolute Gasteiger partial charge is 0.373 e. The maximum atomic E-state index is 6.12. The van der Waals surface area contributed by atoms with E-state index in [1.54, 1.807) is 0 Å². The van der Waals surface area contributed by atoms with Gasteiger partial charge in [-0.15, -0.1) is 0 Å². The van der Waals surface area contributed by atoms with Crippen LogP contribution in [0.25, 0.3) is 0 Å². The Balaban J connectivity index is 2.01. The van der Waals surface area contributed by atoms with Crippen LogP contribution in [0.4, 0.5) is 5.69 Å². The zero-order valence-electron chi connectivity index (χ0n) is 9.88. The van der Waals surface area contributed by atoms with Crippen LogP contribution >= 0.6 is 39.1 Å². The lowest BCUT2D eigenvalue weighted by Crippen LogP contribution is -1.99. The fourth-order valence-electron chi connectivity index (χ4n) is 1.47. The van der Waals surface area contributed by atoms with Crippen LogP contribution in [0.3, 0.4) is 0 Å². The molecule has 0 bridgehead atoms. The standard InChI is InChI=1S/C15H10BrCl2N/c16-12-8-9-13(15(18)14(12)17)19-10-4-7-11-5-2-1-3-6-11/h1-3,5-6,8-9,19H,10H2. The Hall–Kier alpha value is -1.14. The van der Waals surface area contributed by atoms with Crippen molar-refractivity contribution in [1.29, 1.82) is 0 Å². The number of benzene rings is 2. The Kier molecular flexibility index (Phi) is 5.15. The molecule has 0 aliphatic heterocycles. The molecule has 4 heteroatoms. The van der Waals surface area contributed by atoms with Crippen molar-refractivity contribution in [2.45, 2.75) is 0 Å². The quantitative estimate of drug-likeness (QED) is 0.575. The van der Waals surface area contributed by atoms with Crippen LogP contribution in [-0.2, 0) is 0 Å². The summed E-state index contributed by atoms with van der Waals surface area (Å²) in [5, 5.41) is 4.14. The number of nitrogens with one attached hydrogen (secondary N) is 1. The van der Waals surface area contributed by atoms with E-state index in [1.165, 1.54) is 0 Å². The lowest BCUT2D eigenvalue weighted by Gasteiger charge is -2.07. The molecule has 1 nitrogen and oxygen atoms in total. The predicted octanol–water partition coefficient (Wildman–Crippen LogP) is 5.22. The Morgan fingerprint density at radius 3 is 2.47 bits per heavy atom. The van der Waals surface area contributed by atoms with Gasteiger partial charge in [-0.25, -0.2) is 0 Å². The molecule has 0 atom stereocenters. The molecular formula is C15H10BrCl2N. The van der Waals surface area contributed by atoms with E-state index >= 15 is 0 Å². The lowest BCUT2D eigenvalue weighted by molar-refractivity contribution is 1.37. The smallest absolute Gasteiger partial charge is 0.0835 e. The van der Waals surface area contributed by atoms with Crippen LogP contribution in [0.2, 0.25) is 10.0 Å². The summed E-state index contributed by atoms with van der Waals surface area (Å²) >= 11 is 15.5. The maximum Gasteiger partial charge on any atom is 0.0835 e. The van der Waals surface area contributed by atoms with Crippen LogP contribution in [0, 0.1) is 11.8 Å². The van der Waals surface area contributed by atoms with E-state index in [0.717, 1.165) is 15.7 Å². The second kappa shape index (κ2) is 6.86. The molecule has 2 aromatic carbocycles. The molecule has 2 rings (SSSR count). The molecule has 0 aromatic heterocycles. The highest BCUT2D eigenvalue weighted by atomic mass is 79.9. The van der Waals surface area contributed by atoms with E-state index < -0.39 is 0 Å². The number of rotatable bonds is 2. The number of hydrogen-bond donors (Lipinski definition) is 1. The Morgan fingerprint density at radius 2 is 1.74 bits per heavy atom. The lowest BCUT2D eigenvalue weighted by atomic mass is 10.2. The van der Waals surface area contributed by atoms with E-state index in [0.29, 0.717) is 16.6 Å².